The molecule has 1 aromatic rings. The number of aliphatic hydroxyl groups excluding tert-OH is 1. The van der Waals surface area contributed by atoms with Gasteiger partial charge in [0.15, 0.2) is 0 Å². The average molecular weight is 589 g/mol. The number of anilines is 1. The fraction of sp³-hybridized carbons (Fsp3) is 0.700. The number of carbonyl (C=O) groups excluding carboxylic acids is 3. The predicted molar refractivity (Wildman–Crippen MR) is 158 cm³/mol. The number of hydrogen-bond donors (Lipinski definition) is 3. The third kappa shape index (κ3) is 5.96. The molecule has 41 heavy (non-hydrogen) atoms. The first kappa shape index (κ1) is 30.1. The average Bonchev–Trinajstić information content (AvgIpc) is 3.60. The second kappa shape index (κ2) is 12.9. The Morgan fingerprint density at radius 3 is 2.59 bits per heavy atom. The maximum absolute atomic E-state index is 14.3. The van der Waals surface area contributed by atoms with Crippen LogP contribution in [-0.4, -0.2) is 107 Å². The van der Waals surface area contributed by atoms with Crippen LogP contribution in [0.25, 0.3) is 0 Å². The van der Waals surface area contributed by atoms with E-state index < -0.39 is 28.7 Å². The third-order valence-electron chi connectivity index (χ3n) is 8.90. The molecular weight excluding hydrogens is 544 g/mol. The maximum Gasteiger partial charge on any atom is 0.244 e. The Morgan fingerprint density at radius 1 is 1.20 bits per heavy atom. The first-order valence-corrected chi connectivity index (χ1v) is 15.9. The number of thioether (sulfide) groups is 1. The van der Waals surface area contributed by atoms with Gasteiger partial charge in [0, 0.05) is 37.1 Å². The molecule has 5 rings (SSSR count). The van der Waals surface area contributed by atoms with Crippen molar-refractivity contribution in [2.75, 3.05) is 57.9 Å². The van der Waals surface area contributed by atoms with E-state index in [0.717, 1.165) is 25.3 Å². The number of carbonyl (C=O) groups is 3. The number of hydrogen-bond acceptors (Lipinski definition) is 8. The number of nitrogens with zero attached hydrogens (tertiary/aromatic N) is 2. The van der Waals surface area contributed by atoms with Gasteiger partial charge < -0.3 is 30.1 Å². The van der Waals surface area contributed by atoms with Crippen molar-refractivity contribution in [1.29, 1.82) is 0 Å². The minimum atomic E-state index is -0.723. The lowest BCUT2D eigenvalue weighted by Gasteiger charge is -2.37. The minimum Gasteiger partial charge on any atom is -0.494 e. The molecule has 11 heteroatoms. The summed E-state index contributed by atoms with van der Waals surface area (Å²) in [6, 6.07) is 6.03. The van der Waals surface area contributed by atoms with Gasteiger partial charge in [-0.3, -0.25) is 19.3 Å². The summed E-state index contributed by atoms with van der Waals surface area (Å²) in [6.45, 7) is 10.6. The molecule has 3 N–H and O–H groups in total. The number of likely N-dealkylation sites (tertiary alicyclic amines) is 1. The molecule has 2 unspecified atom stereocenters. The van der Waals surface area contributed by atoms with Gasteiger partial charge in [0.1, 0.15) is 11.8 Å². The van der Waals surface area contributed by atoms with Crippen LogP contribution in [0.2, 0.25) is 0 Å². The predicted octanol–water partition coefficient (Wildman–Crippen LogP) is 1.97. The van der Waals surface area contributed by atoms with Crippen LogP contribution >= 0.6 is 11.8 Å². The summed E-state index contributed by atoms with van der Waals surface area (Å²) in [5, 5.41) is 16.5. The Balaban J connectivity index is 1.37. The van der Waals surface area contributed by atoms with E-state index in [1.165, 1.54) is 0 Å². The van der Waals surface area contributed by atoms with Crippen molar-refractivity contribution in [3.05, 3.63) is 24.3 Å². The Kier molecular flexibility index (Phi) is 9.47. The lowest BCUT2D eigenvalue weighted by atomic mass is 9.70. The van der Waals surface area contributed by atoms with Crippen LogP contribution in [0.15, 0.2) is 24.3 Å². The molecule has 226 valence electrons. The highest BCUT2D eigenvalue weighted by Crippen LogP contribution is 2.66. The lowest BCUT2D eigenvalue weighted by molar-refractivity contribution is -0.142. The van der Waals surface area contributed by atoms with Crippen molar-refractivity contribution in [3.63, 3.8) is 0 Å². The fourth-order valence-electron chi connectivity index (χ4n) is 7.19. The van der Waals surface area contributed by atoms with Gasteiger partial charge >= 0.3 is 0 Å². The zero-order valence-electron chi connectivity index (χ0n) is 24.3. The van der Waals surface area contributed by atoms with Crippen molar-refractivity contribution >= 4 is 35.2 Å². The van der Waals surface area contributed by atoms with E-state index in [4.69, 9.17) is 9.47 Å². The molecule has 4 saturated heterocycles. The molecule has 0 radical (unpaired) electrons. The minimum absolute atomic E-state index is 0.0323. The molecule has 0 saturated carbocycles. The van der Waals surface area contributed by atoms with Gasteiger partial charge in [-0.15, -0.1) is 11.8 Å². The number of fused-ring (bicyclic) bond motifs is 1. The zero-order valence-corrected chi connectivity index (χ0v) is 25.2. The second-order valence-electron chi connectivity index (χ2n) is 12.0. The normalized spacial score (nSPS) is 30.0. The number of nitrogens with one attached hydrogen (secondary N) is 2. The number of amides is 3. The number of rotatable bonds is 12. The SMILES string of the molecule is CCOc1ccc(NC(=O)[C@@H]2[C@H]3C(=O)N([C@@H](CO)CC(C)C)C(C(=O)NCCN4CCOCC4)C34CC[C@H]2S4)cc1. The molecule has 10 nitrogen and oxygen atoms in total. The topological polar surface area (TPSA) is 120 Å². The van der Waals surface area contributed by atoms with Crippen LogP contribution in [0, 0.1) is 17.8 Å². The van der Waals surface area contributed by atoms with E-state index >= 15 is 0 Å². The van der Waals surface area contributed by atoms with Gasteiger partial charge in [-0.05, 0) is 56.4 Å². The quantitative estimate of drug-likeness (QED) is 0.339. The molecule has 4 heterocycles. The largest absolute Gasteiger partial charge is 0.494 e. The van der Waals surface area contributed by atoms with Crippen molar-refractivity contribution in [3.8, 4) is 5.75 Å². The molecule has 4 aliphatic heterocycles. The van der Waals surface area contributed by atoms with Crippen molar-refractivity contribution in [1.82, 2.24) is 15.1 Å². The summed E-state index contributed by atoms with van der Waals surface area (Å²) in [6.07, 6.45) is 2.05. The number of benzene rings is 1. The van der Waals surface area contributed by atoms with Gasteiger partial charge in [0.05, 0.1) is 49.1 Å². The Hall–Kier alpha value is -2.34. The van der Waals surface area contributed by atoms with Crippen LogP contribution in [-0.2, 0) is 19.1 Å². The molecular formula is C30H44N4O6S. The summed E-state index contributed by atoms with van der Waals surface area (Å²) >= 11 is 1.65. The van der Waals surface area contributed by atoms with E-state index in [2.05, 4.69) is 15.5 Å². The van der Waals surface area contributed by atoms with Crippen molar-refractivity contribution in [2.24, 2.45) is 17.8 Å². The molecule has 1 spiro atoms. The van der Waals surface area contributed by atoms with E-state index in [0.29, 0.717) is 51.4 Å². The first-order valence-electron chi connectivity index (χ1n) is 15.0. The number of morpholine rings is 1. The van der Waals surface area contributed by atoms with Crippen LogP contribution in [0.5, 0.6) is 5.75 Å². The summed E-state index contributed by atoms with van der Waals surface area (Å²) in [7, 11) is 0. The third-order valence-corrected chi connectivity index (χ3v) is 10.9. The van der Waals surface area contributed by atoms with E-state index in [9.17, 15) is 19.5 Å². The molecule has 3 amide bonds. The van der Waals surface area contributed by atoms with E-state index in [1.54, 1.807) is 28.8 Å². The Bertz CT molecular complexity index is 1100. The summed E-state index contributed by atoms with van der Waals surface area (Å²) in [5.74, 6) is -0.749. The number of ether oxygens (including phenoxy) is 2. The van der Waals surface area contributed by atoms with E-state index in [-0.39, 0.29) is 35.5 Å². The Morgan fingerprint density at radius 2 is 1.93 bits per heavy atom. The summed E-state index contributed by atoms with van der Waals surface area (Å²) in [4.78, 5) is 45.9. The molecule has 4 aliphatic rings. The van der Waals surface area contributed by atoms with Crippen molar-refractivity contribution in [2.45, 2.75) is 62.1 Å². The molecule has 2 bridgehead atoms. The van der Waals surface area contributed by atoms with Gasteiger partial charge in [-0.25, -0.2) is 0 Å². The molecule has 0 aromatic heterocycles. The van der Waals surface area contributed by atoms with E-state index in [1.807, 2.05) is 32.9 Å². The van der Waals surface area contributed by atoms with Gasteiger partial charge in [-0.2, -0.15) is 0 Å². The smallest absolute Gasteiger partial charge is 0.244 e. The highest BCUT2D eigenvalue weighted by atomic mass is 32.2. The highest BCUT2D eigenvalue weighted by molar-refractivity contribution is 8.02. The molecule has 1 aromatic carbocycles. The van der Waals surface area contributed by atoms with Crippen LogP contribution in [0.1, 0.15) is 40.0 Å². The monoisotopic (exact) mass is 588 g/mol. The fourth-order valence-corrected chi connectivity index (χ4v) is 9.40. The summed E-state index contributed by atoms with van der Waals surface area (Å²) < 4.78 is 10.3. The van der Waals surface area contributed by atoms with Gasteiger partial charge in [-0.1, -0.05) is 13.8 Å². The number of aliphatic hydroxyl groups is 1. The van der Waals surface area contributed by atoms with Crippen LogP contribution in [0.4, 0.5) is 5.69 Å². The molecule has 0 aliphatic carbocycles. The molecule has 4 fully saturated rings. The maximum atomic E-state index is 14.3. The van der Waals surface area contributed by atoms with Crippen molar-refractivity contribution < 1.29 is 29.0 Å². The Labute approximate surface area is 246 Å². The van der Waals surface area contributed by atoms with Crippen LogP contribution in [0.3, 0.4) is 0 Å². The molecule has 6 atom stereocenters. The standard InChI is InChI=1S/C30H44N4O6S/c1-4-40-22-7-5-20(6-8-22)32-27(36)24-23-9-10-30(41-23)25(24)29(38)34(21(18-35)17-19(2)3)26(30)28(37)31-11-12-33-13-15-39-16-14-33/h5-8,19,21,23-26,35H,4,9-18H2,1-3H3,(H,31,37)(H,32,36)/t21-,23-,24+,25+,26?,30?/m1/s1. The lowest BCUT2D eigenvalue weighted by Crippen LogP contribution is -2.57. The van der Waals surface area contributed by atoms with Gasteiger partial charge in [0.2, 0.25) is 17.7 Å². The zero-order chi connectivity index (χ0) is 29.1. The highest BCUT2D eigenvalue weighted by Gasteiger charge is 2.74. The summed E-state index contributed by atoms with van der Waals surface area (Å²) in [5.41, 5.74) is 0.646. The second-order valence-corrected chi connectivity index (χ2v) is 13.6. The van der Waals surface area contributed by atoms with Crippen LogP contribution < -0.4 is 15.4 Å². The first-order chi connectivity index (χ1) is 19.8. The van der Waals surface area contributed by atoms with Gasteiger partial charge in [0.25, 0.3) is 0 Å².